The van der Waals surface area contributed by atoms with Crippen molar-refractivity contribution in [3.05, 3.63) is 64.7 Å². The van der Waals surface area contributed by atoms with Crippen LogP contribution in [-0.4, -0.2) is 12.9 Å². The SMILES string of the molecule is COc1ccc(C(=O)c2cc(C)ccc2F)c(F)c1. The molecule has 0 spiro atoms. The van der Waals surface area contributed by atoms with Crippen LogP contribution < -0.4 is 4.74 Å². The van der Waals surface area contributed by atoms with Crippen molar-refractivity contribution in [2.24, 2.45) is 0 Å². The number of carbonyl (C=O) groups excluding carboxylic acids is 1. The summed E-state index contributed by atoms with van der Waals surface area (Å²) in [7, 11) is 1.40. The van der Waals surface area contributed by atoms with Crippen LogP contribution in [0.3, 0.4) is 0 Å². The maximum Gasteiger partial charge on any atom is 0.198 e. The van der Waals surface area contributed by atoms with Crippen LogP contribution in [0.15, 0.2) is 36.4 Å². The third-order valence-electron chi connectivity index (χ3n) is 2.79. The molecule has 0 heterocycles. The van der Waals surface area contributed by atoms with E-state index in [2.05, 4.69) is 0 Å². The van der Waals surface area contributed by atoms with Crippen LogP contribution in [0.2, 0.25) is 0 Å². The molecule has 98 valence electrons. The molecule has 0 radical (unpaired) electrons. The van der Waals surface area contributed by atoms with Crippen LogP contribution in [0.1, 0.15) is 21.5 Å². The molecule has 0 fully saturated rings. The summed E-state index contributed by atoms with van der Waals surface area (Å²) >= 11 is 0. The molecule has 0 saturated heterocycles. The Labute approximate surface area is 109 Å². The first-order chi connectivity index (χ1) is 9.02. The molecule has 2 aromatic carbocycles. The highest BCUT2D eigenvalue weighted by Crippen LogP contribution is 2.21. The number of ketones is 1. The summed E-state index contributed by atoms with van der Waals surface area (Å²) in [6.45, 7) is 1.74. The predicted molar refractivity (Wildman–Crippen MR) is 67.5 cm³/mol. The molecule has 2 rings (SSSR count). The lowest BCUT2D eigenvalue weighted by Gasteiger charge is -2.06. The number of hydrogen-bond donors (Lipinski definition) is 0. The summed E-state index contributed by atoms with van der Waals surface area (Å²) in [5.41, 5.74) is 0.424. The van der Waals surface area contributed by atoms with E-state index < -0.39 is 17.4 Å². The third-order valence-corrected chi connectivity index (χ3v) is 2.79. The number of carbonyl (C=O) groups is 1. The molecule has 0 amide bonds. The van der Waals surface area contributed by atoms with Crippen molar-refractivity contribution in [2.75, 3.05) is 7.11 Å². The minimum absolute atomic E-state index is 0.135. The minimum atomic E-state index is -0.731. The van der Waals surface area contributed by atoms with E-state index in [0.29, 0.717) is 5.75 Å². The monoisotopic (exact) mass is 262 g/mol. The molecule has 0 unspecified atom stereocenters. The zero-order chi connectivity index (χ0) is 14.0. The molecule has 0 aliphatic heterocycles. The average Bonchev–Trinajstić information content (AvgIpc) is 2.40. The van der Waals surface area contributed by atoms with E-state index in [-0.39, 0.29) is 11.1 Å². The van der Waals surface area contributed by atoms with E-state index in [4.69, 9.17) is 4.74 Å². The first-order valence-electron chi connectivity index (χ1n) is 5.67. The molecule has 4 heteroatoms. The van der Waals surface area contributed by atoms with E-state index in [1.165, 1.54) is 31.4 Å². The molecular weight excluding hydrogens is 250 g/mol. The largest absolute Gasteiger partial charge is 0.497 e. The van der Waals surface area contributed by atoms with Gasteiger partial charge in [-0.3, -0.25) is 4.79 Å². The molecule has 19 heavy (non-hydrogen) atoms. The number of hydrogen-bond acceptors (Lipinski definition) is 2. The highest BCUT2D eigenvalue weighted by molar-refractivity contribution is 6.09. The number of aryl methyl sites for hydroxylation is 1. The van der Waals surface area contributed by atoms with Crippen molar-refractivity contribution in [3.63, 3.8) is 0 Å². The third kappa shape index (κ3) is 2.62. The maximum atomic E-state index is 13.8. The van der Waals surface area contributed by atoms with E-state index in [1.54, 1.807) is 13.0 Å². The van der Waals surface area contributed by atoms with Gasteiger partial charge in [0.05, 0.1) is 18.2 Å². The van der Waals surface area contributed by atoms with Gasteiger partial charge in [-0.05, 0) is 31.2 Å². The van der Waals surface area contributed by atoms with Crippen LogP contribution in [0, 0.1) is 18.6 Å². The van der Waals surface area contributed by atoms with Gasteiger partial charge in [0, 0.05) is 6.07 Å². The van der Waals surface area contributed by atoms with Crippen LogP contribution in [0.5, 0.6) is 5.75 Å². The molecule has 0 aromatic heterocycles. The zero-order valence-corrected chi connectivity index (χ0v) is 10.5. The Morgan fingerprint density at radius 2 is 1.74 bits per heavy atom. The lowest BCUT2D eigenvalue weighted by atomic mass is 10.0. The topological polar surface area (TPSA) is 26.3 Å². The van der Waals surface area contributed by atoms with E-state index >= 15 is 0 Å². The second-order valence-corrected chi connectivity index (χ2v) is 4.16. The number of benzene rings is 2. The smallest absolute Gasteiger partial charge is 0.198 e. The lowest BCUT2D eigenvalue weighted by molar-refractivity contribution is 0.103. The molecule has 0 N–H and O–H groups in total. The van der Waals surface area contributed by atoms with Gasteiger partial charge in [-0.2, -0.15) is 0 Å². The van der Waals surface area contributed by atoms with Crippen molar-refractivity contribution in [2.45, 2.75) is 6.92 Å². The number of rotatable bonds is 3. The van der Waals surface area contributed by atoms with Crippen LogP contribution in [0.4, 0.5) is 8.78 Å². The standard InChI is InChI=1S/C15H12F2O2/c1-9-3-6-13(16)12(7-9)15(18)11-5-4-10(19-2)8-14(11)17/h3-8H,1-2H3. The lowest BCUT2D eigenvalue weighted by Crippen LogP contribution is -2.07. The normalized spacial score (nSPS) is 10.3. The Morgan fingerprint density at radius 1 is 1.00 bits per heavy atom. The van der Waals surface area contributed by atoms with Gasteiger partial charge in [0.15, 0.2) is 5.78 Å². The van der Waals surface area contributed by atoms with Crippen molar-refractivity contribution in [1.82, 2.24) is 0 Å². The van der Waals surface area contributed by atoms with Gasteiger partial charge in [0.25, 0.3) is 0 Å². The Hall–Kier alpha value is -2.23. The Bertz CT molecular complexity index is 636. The first kappa shape index (κ1) is 13.2. The van der Waals surface area contributed by atoms with Gasteiger partial charge >= 0.3 is 0 Å². The van der Waals surface area contributed by atoms with E-state index in [1.807, 2.05) is 0 Å². The van der Waals surface area contributed by atoms with Gasteiger partial charge in [0.1, 0.15) is 17.4 Å². The molecule has 0 saturated carbocycles. The van der Waals surface area contributed by atoms with Gasteiger partial charge < -0.3 is 4.74 Å². The van der Waals surface area contributed by atoms with Gasteiger partial charge in [-0.15, -0.1) is 0 Å². The molecular formula is C15H12F2O2. The fourth-order valence-electron chi connectivity index (χ4n) is 1.77. The van der Waals surface area contributed by atoms with Gasteiger partial charge in [-0.1, -0.05) is 11.6 Å². The van der Waals surface area contributed by atoms with Crippen LogP contribution >= 0.6 is 0 Å². The summed E-state index contributed by atoms with van der Waals surface area (Å²) in [6.07, 6.45) is 0. The number of ether oxygens (including phenoxy) is 1. The summed E-state index contributed by atoms with van der Waals surface area (Å²) in [6, 6.07) is 8.01. The van der Waals surface area contributed by atoms with Crippen molar-refractivity contribution in [1.29, 1.82) is 0 Å². The van der Waals surface area contributed by atoms with Crippen molar-refractivity contribution in [3.8, 4) is 5.75 Å². The van der Waals surface area contributed by atoms with Gasteiger partial charge in [-0.25, -0.2) is 8.78 Å². The fraction of sp³-hybridized carbons (Fsp3) is 0.133. The summed E-state index contributed by atoms with van der Waals surface area (Å²) < 4.78 is 32.2. The molecule has 2 nitrogen and oxygen atoms in total. The Morgan fingerprint density at radius 3 is 2.37 bits per heavy atom. The number of methoxy groups -OCH3 is 1. The number of halogens is 2. The predicted octanol–water partition coefficient (Wildman–Crippen LogP) is 3.51. The summed E-state index contributed by atoms with van der Waals surface area (Å²) in [5.74, 6) is -1.77. The second-order valence-electron chi connectivity index (χ2n) is 4.16. The molecule has 0 bridgehead atoms. The van der Waals surface area contributed by atoms with Gasteiger partial charge in [0.2, 0.25) is 0 Å². The maximum absolute atomic E-state index is 13.8. The Kier molecular flexibility index (Phi) is 3.60. The second kappa shape index (κ2) is 5.18. The van der Waals surface area contributed by atoms with Crippen LogP contribution in [0.25, 0.3) is 0 Å². The van der Waals surface area contributed by atoms with Crippen molar-refractivity contribution >= 4 is 5.78 Å². The minimum Gasteiger partial charge on any atom is -0.497 e. The summed E-state index contributed by atoms with van der Waals surface area (Å²) in [4.78, 5) is 12.1. The van der Waals surface area contributed by atoms with E-state index in [0.717, 1.165) is 11.6 Å². The molecule has 0 atom stereocenters. The Balaban J connectivity index is 2.47. The molecule has 2 aromatic rings. The van der Waals surface area contributed by atoms with Crippen LogP contribution in [-0.2, 0) is 0 Å². The average molecular weight is 262 g/mol. The zero-order valence-electron chi connectivity index (χ0n) is 10.5. The van der Waals surface area contributed by atoms with Crippen molar-refractivity contribution < 1.29 is 18.3 Å². The fourth-order valence-corrected chi connectivity index (χ4v) is 1.77. The molecule has 0 aliphatic rings. The highest BCUT2D eigenvalue weighted by atomic mass is 19.1. The van der Waals surface area contributed by atoms with E-state index in [9.17, 15) is 13.6 Å². The first-order valence-corrected chi connectivity index (χ1v) is 5.67. The quantitative estimate of drug-likeness (QED) is 0.791. The highest BCUT2D eigenvalue weighted by Gasteiger charge is 2.18. The summed E-state index contributed by atoms with van der Waals surface area (Å²) in [5, 5.41) is 0. The molecule has 0 aliphatic carbocycles.